The van der Waals surface area contributed by atoms with Crippen molar-refractivity contribution in [2.75, 3.05) is 7.05 Å². The molecule has 16 heavy (non-hydrogen) atoms. The smallest absolute Gasteiger partial charge is 0.123 e. The van der Waals surface area contributed by atoms with Crippen LogP contribution in [0.5, 0.6) is 0 Å². The number of hydrogen-bond donors (Lipinski definition) is 1. The van der Waals surface area contributed by atoms with E-state index in [-0.39, 0.29) is 5.82 Å². The summed E-state index contributed by atoms with van der Waals surface area (Å²) < 4.78 is 13.1. The van der Waals surface area contributed by atoms with Crippen LogP contribution in [0.3, 0.4) is 0 Å². The molecular formula is C14H20FN. The third kappa shape index (κ3) is 2.43. The number of hydrogen-bond acceptors (Lipinski definition) is 1. The molecule has 2 heteroatoms. The van der Waals surface area contributed by atoms with Crippen LogP contribution < -0.4 is 5.32 Å². The molecular weight excluding hydrogens is 201 g/mol. The molecule has 1 N–H and O–H groups in total. The first-order valence-corrected chi connectivity index (χ1v) is 5.94. The Morgan fingerprint density at radius 1 is 1.50 bits per heavy atom. The van der Waals surface area contributed by atoms with Gasteiger partial charge in [-0.25, -0.2) is 4.39 Å². The molecule has 0 aromatic heterocycles. The summed E-state index contributed by atoms with van der Waals surface area (Å²) >= 11 is 0. The predicted molar refractivity (Wildman–Crippen MR) is 64.8 cm³/mol. The van der Waals surface area contributed by atoms with E-state index < -0.39 is 0 Å². The molecule has 0 bridgehead atoms. The molecule has 2 rings (SSSR count). The quantitative estimate of drug-likeness (QED) is 0.824. The monoisotopic (exact) mass is 221 g/mol. The van der Waals surface area contributed by atoms with Gasteiger partial charge in [-0.15, -0.1) is 0 Å². The van der Waals surface area contributed by atoms with Crippen molar-refractivity contribution in [2.45, 2.75) is 32.7 Å². The molecule has 0 radical (unpaired) electrons. The van der Waals surface area contributed by atoms with Gasteiger partial charge in [0, 0.05) is 6.04 Å². The van der Waals surface area contributed by atoms with Gasteiger partial charge in [0.1, 0.15) is 5.82 Å². The van der Waals surface area contributed by atoms with Crippen molar-refractivity contribution in [3.8, 4) is 0 Å². The lowest BCUT2D eigenvalue weighted by atomic mass is 9.97. The largest absolute Gasteiger partial charge is 0.316 e. The zero-order valence-electron chi connectivity index (χ0n) is 10.3. The summed E-state index contributed by atoms with van der Waals surface area (Å²) in [5.74, 6) is 0.586. The highest BCUT2D eigenvalue weighted by molar-refractivity contribution is 5.19. The second kappa shape index (κ2) is 4.17. The second-order valence-corrected chi connectivity index (χ2v) is 5.53. The molecule has 0 spiro atoms. The van der Waals surface area contributed by atoms with Crippen LogP contribution in [0.2, 0.25) is 0 Å². The fourth-order valence-corrected chi connectivity index (χ4v) is 2.56. The van der Waals surface area contributed by atoms with E-state index in [4.69, 9.17) is 0 Å². The Kier molecular flexibility index (Phi) is 3.02. The Morgan fingerprint density at radius 2 is 2.19 bits per heavy atom. The summed E-state index contributed by atoms with van der Waals surface area (Å²) in [5.41, 5.74) is 1.54. The van der Waals surface area contributed by atoms with Gasteiger partial charge in [0.15, 0.2) is 0 Å². The van der Waals surface area contributed by atoms with Crippen molar-refractivity contribution in [1.29, 1.82) is 0 Å². The average molecular weight is 221 g/mol. The lowest BCUT2D eigenvalue weighted by Crippen LogP contribution is -2.31. The first kappa shape index (κ1) is 11.6. The van der Waals surface area contributed by atoms with Crippen molar-refractivity contribution in [3.05, 3.63) is 35.6 Å². The van der Waals surface area contributed by atoms with E-state index in [9.17, 15) is 4.39 Å². The first-order valence-electron chi connectivity index (χ1n) is 5.94. The maximum Gasteiger partial charge on any atom is 0.123 e. The van der Waals surface area contributed by atoms with Crippen molar-refractivity contribution >= 4 is 0 Å². The number of nitrogens with one attached hydrogen (secondary N) is 1. The third-order valence-electron chi connectivity index (χ3n) is 3.79. The summed E-state index contributed by atoms with van der Waals surface area (Å²) in [6, 6.07) is 7.40. The van der Waals surface area contributed by atoms with Crippen LogP contribution in [0.15, 0.2) is 24.3 Å². The van der Waals surface area contributed by atoms with E-state index in [1.165, 1.54) is 12.5 Å². The molecule has 1 aromatic rings. The highest BCUT2D eigenvalue weighted by atomic mass is 19.1. The molecule has 2 atom stereocenters. The van der Waals surface area contributed by atoms with Crippen LogP contribution in [0.1, 0.15) is 25.8 Å². The minimum absolute atomic E-state index is 0.137. The Balaban J connectivity index is 2.03. The molecule has 1 aliphatic carbocycles. The fraction of sp³-hybridized carbons (Fsp3) is 0.571. The van der Waals surface area contributed by atoms with Crippen LogP contribution in [0.25, 0.3) is 0 Å². The summed E-state index contributed by atoms with van der Waals surface area (Å²) in [6.07, 6.45) is 2.19. The maximum absolute atomic E-state index is 13.1. The Hall–Kier alpha value is -0.890. The van der Waals surface area contributed by atoms with E-state index in [2.05, 4.69) is 19.2 Å². The molecule has 0 saturated heterocycles. The van der Waals surface area contributed by atoms with Gasteiger partial charge in [-0.1, -0.05) is 26.0 Å². The molecule has 1 nitrogen and oxygen atoms in total. The van der Waals surface area contributed by atoms with Gasteiger partial charge in [0.2, 0.25) is 0 Å². The average Bonchev–Trinajstić information content (AvgIpc) is 2.84. The molecule has 2 unspecified atom stereocenters. The van der Waals surface area contributed by atoms with Crippen molar-refractivity contribution < 1.29 is 4.39 Å². The fourth-order valence-electron chi connectivity index (χ4n) is 2.56. The Morgan fingerprint density at radius 3 is 2.69 bits per heavy atom. The summed E-state index contributed by atoms with van der Waals surface area (Å²) in [5, 5.41) is 3.37. The summed E-state index contributed by atoms with van der Waals surface area (Å²) in [4.78, 5) is 0. The zero-order valence-corrected chi connectivity index (χ0v) is 10.3. The predicted octanol–water partition coefficient (Wildman–Crippen LogP) is 3.00. The summed E-state index contributed by atoms with van der Waals surface area (Å²) in [7, 11) is 2.00. The maximum atomic E-state index is 13.1. The lowest BCUT2D eigenvalue weighted by Gasteiger charge is -2.18. The van der Waals surface area contributed by atoms with Gasteiger partial charge in [0.05, 0.1) is 0 Å². The van der Waals surface area contributed by atoms with Crippen LogP contribution in [-0.4, -0.2) is 13.1 Å². The van der Waals surface area contributed by atoms with Crippen molar-refractivity contribution in [1.82, 2.24) is 5.32 Å². The molecule has 0 aliphatic heterocycles. The highest BCUT2D eigenvalue weighted by Crippen LogP contribution is 2.53. The van der Waals surface area contributed by atoms with E-state index >= 15 is 0 Å². The van der Waals surface area contributed by atoms with Crippen molar-refractivity contribution in [2.24, 2.45) is 11.3 Å². The van der Waals surface area contributed by atoms with Crippen LogP contribution in [-0.2, 0) is 6.42 Å². The van der Waals surface area contributed by atoms with Gasteiger partial charge < -0.3 is 5.32 Å². The zero-order chi connectivity index (χ0) is 11.8. The molecule has 0 amide bonds. The van der Waals surface area contributed by atoms with E-state index in [1.807, 2.05) is 13.1 Å². The van der Waals surface area contributed by atoms with E-state index in [0.717, 1.165) is 17.9 Å². The Labute approximate surface area is 97.1 Å². The minimum atomic E-state index is -0.137. The standard InChI is InChI=1S/C14H20FN/c1-14(2)9-12(14)13(16-3)8-10-5-4-6-11(15)7-10/h4-7,12-13,16H,8-9H2,1-3H3. The number of likely N-dealkylation sites (N-methyl/N-ethyl adjacent to an activating group) is 1. The molecule has 1 aliphatic rings. The molecule has 1 saturated carbocycles. The highest BCUT2D eigenvalue weighted by Gasteiger charge is 2.49. The molecule has 88 valence electrons. The van der Waals surface area contributed by atoms with E-state index in [1.54, 1.807) is 12.1 Å². The third-order valence-corrected chi connectivity index (χ3v) is 3.79. The molecule has 1 aromatic carbocycles. The summed E-state index contributed by atoms with van der Waals surface area (Å²) in [6.45, 7) is 4.60. The second-order valence-electron chi connectivity index (χ2n) is 5.53. The SMILES string of the molecule is CNC(Cc1cccc(F)c1)C1CC1(C)C. The van der Waals surface area contributed by atoms with Gasteiger partial charge in [0.25, 0.3) is 0 Å². The van der Waals surface area contributed by atoms with Crippen LogP contribution >= 0.6 is 0 Å². The molecule has 0 heterocycles. The molecule has 1 fully saturated rings. The topological polar surface area (TPSA) is 12.0 Å². The normalized spacial score (nSPS) is 24.1. The van der Waals surface area contributed by atoms with Crippen LogP contribution in [0, 0.1) is 17.2 Å². The van der Waals surface area contributed by atoms with Gasteiger partial charge in [-0.3, -0.25) is 0 Å². The minimum Gasteiger partial charge on any atom is -0.316 e. The number of benzene rings is 1. The van der Waals surface area contributed by atoms with Gasteiger partial charge >= 0.3 is 0 Å². The van der Waals surface area contributed by atoms with Crippen LogP contribution in [0.4, 0.5) is 4.39 Å². The van der Waals surface area contributed by atoms with Crippen molar-refractivity contribution in [3.63, 3.8) is 0 Å². The lowest BCUT2D eigenvalue weighted by molar-refractivity contribution is 0.425. The Bertz CT molecular complexity index is 373. The van der Waals surface area contributed by atoms with Gasteiger partial charge in [-0.05, 0) is 48.9 Å². The first-order chi connectivity index (χ1) is 7.53. The van der Waals surface area contributed by atoms with E-state index in [0.29, 0.717) is 11.5 Å². The number of rotatable bonds is 4. The number of halogens is 1. The van der Waals surface area contributed by atoms with Gasteiger partial charge in [-0.2, -0.15) is 0 Å².